The molecule has 1 aromatic rings. The van der Waals surface area contributed by atoms with E-state index in [-0.39, 0.29) is 75.5 Å². The minimum atomic E-state index is -1.21. The standard InChI is InChI=1S/C47H67ClN2O5/c1-28(2)37-33(51)27-47(50-41(54)43(5,6)49-39(52)29-15-17-31(48)18-16-29)26-25-45(8)32(38(37)47)19-20-35-44(7)23-22-36(55-40(53)30-13-11-10-12-14-30)42(3,4)34(44)21-24-46(35,45)9/h15-18,28,30,32,34-36H,10-14,19-27H2,1-9H3,(H,49,52)(H,50,54)/t32-,34+,35-,36+,44+,45-,46-,47-/m1/s1. The number of halogens is 1. The molecular formula is C47H67ClN2O5. The molecule has 0 bridgehead atoms. The molecule has 0 saturated heterocycles. The number of allylic oxidation sites excluding steroid dienone is 1. The van der Waals surface area contributed by atoms with Gasteiger partial charge in [-0.15, -0.1) is 0 Å². The maximum atomic E-state index is 14.3. The number of amides is 2. The van der Waals surface area contributed by atoms with Gasteiger partial charge in [0.15, 0.2) is 5.78 Å². The van der Waals surface area contributed by atoms with Crippen LogP contribution in [0, 0.1) is 51.2 Å². The third-order valence-corrected chi connectivity index (χ3v) is 17.3. The molecule has 5 fully saturated rings. The molecule has 0 aliphatic heterocycles. The number of carbonyl (C=O) groups excluding carboxylic acids is 4. The summed E-state index contributed by atoms with van der Waals surface area (Å²) < 4.78 is 6.47. The molecule has 0 spiro atoms. The van der Waals surface area contributed by atoms with E-state index in [1.54, 1.807) is 38.1 Å². The Morgan fingerprint density at radius 2 is 1.49 bits per heavy atom. The minimum absolute atomic E-state index is 0.0421. The van der Waals surface area contributed by atoms with Gasteiger partial charge in [-0.2, -0.15) is 0 Å². The summed E-state index contributed by atoms with van der Waals surface area (Å²) in [6.45, 7) is 20.1. The lowest BCUT2D eigenvalue weighted by molar-refractivity contribution is -0.233. The third-order valence-electron chi connectivity index (χ3n) is 17.0. The highest BCUT2D eigenvalue weighted by Gasteiger charge is 2.70. The van der Waals surface area contributed by atoms with E-state index >= 15 is 0 Å². The number of carbonyl (C=O) groups is 4. The number of ether oxygens (including phenoxy) is 1. The molecule has 1 aromatic carbocycles. The predicted octanol–water partition coefficient (Wildman–Crippen LogP) is 10.2. The first-order valence-corrected chi connectivity index (χ1v) is 22.0. The van der Waals surface area contributed by atoms with E-state index in [4.69, 9.17) is 16.3 Å². The average Bonchev–Trinajstić information content (AvgIpc) is 3.41. The summed E-state index contributed by atoms with van der Waals surface area (Å²) >= 11 is 6.06. The van der Waals surface area contributed by atoms with Crippen molar-refractivity contribution in [3.05, 3.63) is 46.0 Å². The van der Waals surface area contributed by atoms with Gasteiger partial charge in [0.1, 0.15) is 11.6 Å². The molecule has 0 heterocycles. The van der Waals surface area contributed by atoms with Crippen molar-refractivity contribution < 1.29 is 23.9 Å². The van der Waals surface area contributed by atoms with Gasteiger partial charge < -0.3 is 15.4 Å². The number of hydrogen-bond acceptors (Lipinski definition) is 5. The van der Waals surface area contributed by atoms with Gasteiger partial charge in [-0.1, -0.05) is 79.3 Å². The van der Waals surface area contributed by atoms with Crippen LogP contribution in [0.4, 0.5) is 0 Å². The second-order valence-corrected chi connectivity index (χ2v) is 21.4. The number of ketones is 1. The first-order chi connectivity index (χ1) is 25.7. The number of hydrogen-bond donors (Lipinski definition) is 2. The molecule has 55 heavy (non-hydrogen) atoms. The SMILES string of the molecule is CC(C)C1=C2[C@H]3CC[C@@H]4[C@@]5(C)CC[C@H](OC(=O)C6CCCCC6)C(C)(C)[C@@H]5CC[C@@]4(C)[C@]3(C)CC[C@@]2(NC(=O)C(C)(C)NC(=O)c2ccc(Cl)cc2)CC1=O. The fourth-order valence-electron chi connectivity index (χ4n) is 13.9. The Morgan fingerprint density at radius 3 is 2.15 bits per heavy atom. The van der Waals surface area contributed by atoms with Gasteiger partial charge in [0, 0.05) is 22.4 Å². The molecule has 5 saturated carbocycles. The van der Waals surface area contributed by atoms with Crippen molar-refractivity contribution in [2.45, 2.75) is 169 Å². The largest absolute Gasteiger partial charge is 0.462 e. The minimum Gasteiger partial charge on any atom is -0.462 e. The topological polar surface area (TPSA) is 102 Å². The highest BCUT2D eigenvalue weighted by Crippen LogP contribution is 2.76. The normalized spacial score (nSPS) is 37.3. The predicted molar refractivity (Wildman–Crippen MR) is 217 cm³/mol. The van der Waals surface area contributed by atoms with Gasteiger partial charge in [-0.05, 0) is 153 Å². The molecule has 6 aliphatic carbocycles. The maximum absolute atomic E-state index is 14.3. The summed E-state index contributed by atoms with van der Waals surface area (Å²) in [4.78, 5) is 55.2. The summed E-state index contributed by atoms with van der Waals surface area (Å²) in [5.41, 5.74) is 0.568. The smallest absolute Gasteiger partial charge is 0.309 e. The maximum Gasteiger partial charge on any atom is 0.309 e. The molecular weight excluding hydrogens is 708 g/mol. The van der Waals surface area contributed by atoms with E-state index in [1.807, 2.05) is 0 Å². The van der Waals surface area contributed by atoms with Crippen LogP contribution < -0.4 is 10.6 Å². The number of rotatable bonds is 7. The van der Waals surface area contributed by atoms with Crippen LogP contribution in [-0.4, -0.2) is 40.7 Å². The summed E-state index contributed by atoms with van der Waals surface area (Å²) in [5, 5.41) is 6.96. The van der Waals surface area contributed by atoms with E-state index in [2.05, 4.69) is 59.1 Å². The molecule has 6 aliphatic rings. The quantitative estimate of drug-likeness (QED) is 0.269. The second-order valence-electron chi connectivity index (χ2n) is 20.9. The number of benzene rings is 1. The van der Waals surface area contributed by atoms with Gasteiger partial charge in [0.2, 0.25) is 5.91 Å². The number of nitrogens with one attached hydrogen (secondary N) is 2. The Labute approximate surface area is 335 Å². The van der Waals surface area contributed by atoms with Gasteiger partial charge in [0.25, 0.3) is 5.91 Å². The molecule has 0 aromatic heterocycles. The summed E-state index contributed by atoms with van der Waals surface area (Å²) in [6, 6.07) is 6.64. The van der Waals surface area contributed by atoms with Gasteiger partial charge in [-0.3, -0.25) is 19.2 Å². The Balaban J connectivity index is 1.15. The zero-order valence-electron chi connectivity index (χ0n) is 35.1. The Bertz CT molecular complexity index is 1760. The summed E-state index contributed by atoms with van der Waals surface area (Å²) in [6.07, 6.45) is 13.6. The summed E-state index contributed by atoms with van der Waals surface area (Å²) in [7, 11) is 0. The van der Waals surface area contributed by atoms with Gasteiger partial charge in [-0.25, -0.2) is 0 Å². The fourth-order valence-corrected chi connectivity index (χ4v) is 14.0. The highest BCUT2D eigenvalue weighted by atomic mass is 35.5. The lowest BCUT2D eigenvalue weighted by atomic mass is 9.33. The van der Waals surface area contributed by atoms with Crippen LogP contribution in [-0.2, 0) is 19.1 Å². The molecule has 8 atom stereocenters. The lowest BCUT2D eigenvalue weighted by Crippen LogP contribution is -2.68. The van der Waals surface area contributed by atoms with Crippen molar-refractivity contribution >= 4 is 35.2 Å². The van der Waals surface area contributed by atoms with E-state index in [9.17, 15) is 19.2 Å². The Hall–Kier alpha value is -2.67. The van der Waals surface area contributed by atoms with E-state index < -0.39 is 11.1 Å². The number of esters is 1. The van der Waals surface area contributed by atoms with Gasteiger partial charge in [0.05, 0.1) is 11.5 Å². The Kier molecular flexibility index (Phi) is 10.3. The first-order valence-electron chi connectivity index (χ1n) is 21.6. The van der Waals surface area contributed by atoms with Crippen molar-refractivity contribution in [3.63, 3.8) is 0 Å². The lowest BCUT2D eigenvalue weighted by Gasteiger charge is -2.72. The van der Waals surface area contributed by atoms with Crippen LogP contribution in [0.1, 0.15) is 163 Å². The zero-order chi connectivity index (χ0) is 39.9. The molecule has 0 radical (unpaired) electrons. The molecule has 8 heteroatoms. The zero-order valence-corrected chi connectivity index (χ0v) is 35.8. The van der Waals surface area contributed by atoms with Crippen LogP contribution in [0.2, 0.25) is 5.02 Å². The van der Waals surface area contributed by atoms with Crippen LogP contribution in [0.3, 0.4) is 0 Å². The Morgan fingerprint density at radius 1 is 0.818 bits per heavy atom. The second kappa shape index (κ2) is 14.0. The number of Topliss-reactive ketones (excluding diaryl/α,β-unsaturated/α-hetero) is 1. The molecule has 7 rings (SSSR count). The van der Waals surface area contributed by atoms with Crippen molar-refractivity contribution in [3.8, 4) is 0 Å². The van der Waals surface area contributed by atoms with Crippen LogP contribution in [0.5, 0.6) is 0 Å². The molecule has 0 unspecified atom stereocenters. The third kappa shape index (κ3) is 6.43. The summed E-state index contributed by atoms with van der Waals surface area (Å²) in [5.74, 6) is 0.847. The molecule has 302 valence electrons. The fraction of sp³-hybridized carbons (Fsp3) is 0.745. The van der Waals surface area contributed by atoms with E-state index in [1.165, 1.54) is 12.0 Å². The van der Waals surface area contributed by atoms with Crippen molar-refractivity contribution in [1.82, 2.24) is 10.6 Å². The molecule has 7 nitrogen and oxygen atoms in total. The monoisotopic (exact) mass is 774 g/mol. The average molecular weight is 776 g/mol. The van der Waals surface area contributed by atoms with E-state index in [0.717, 1.165) is 76.2 Å². The first kappa shape index (κ1) is 40.5. The number of fused-ring (bicyclic) bond motifs is 7. The molecule has 2 N–H and O–H groups in total. The van der Waals surface area contributed by atoms with Crippen LogP contribution in [0.25, 0.3) is 0 Å². The highest BCUT2D eigenvalue weighted by molar-refractivity contribution is 6.30. The van der Waals surface area contributed by atoms with Crippen LogP contribution in [0.15, 0.2) is 35.4 Å². The van der Waals surface area contributed by atoms with Crippen molar-refractivity contribution in [2.75, 3.05) is 0 Å². The van der Waals surface area contributed by atoms with Crippen molar-refractivity contribution in [2.24, 2.45) is 51.2 Å². The van der Waals surface area contributed by atoms with E-state index in [0.29, 0.717) is 28.8 Å². The van der Waals surface area contributed by atoms with Crippen molar-refractivity contribution in [1.29, 1.82) is 0 Å². The van der Waals surface area contributed by atoms with Gasteiger partial charge >= 0.3 is 5.97 Å². The van der Waals surface area contributed by atoms with Crippen LogP contribution >= 0.6 is 11.6 Å². The molecule has 2 amide bonds.